The zero-order valence-electron chi connectivity index (χ0n) is 9.76. The van der Waals surface area contributed by atoms with E-state index in [1.54, 1.807) is 0 Å². The Bertz CT molecular complexity index is 222. The fourth-order valence-corrected chi connectivity index (χ4v) is 1.45. The highest BCUT2D eigenvalue weighted by atomic mass is 16.5. The topological polar surface area (TPSA) is 47.6 Å². The summed E-state index contributed by atoms with van der Waals surface area (Å²) in [4.78, 5) is 4.42. The molecule has 0 amide bonds. The van der Waals surface area contributed by atoms with E-state index in [9.17, 15) is 0 Å². The van der Waals surface area contributed by atoms with Crippen molar-refractivity contribution in [2.75, 3.05) is 13.2 Å². The minimum Gasteiger partial charge on any atom is -0.387 e. The highest BCUT2D eigenvalue weighted by molar-refractivity contribution is 5.85. The van der Waals surface area contributed by atoms with Gasteiger partial charge in [-0.2, -0.15) is 0 Å². The Hall–Kier alpha value is -0.570. The van der Waals surface area contributed by atoms with Gasteiger partial charge in [0.15, 0.2) is 0 Å². The number of hydrogen-bond acceptors (Lipinski definition) is 2. The molecule has 1 saturated heterocycles. The molecule has 0 spiro atoms. The van der Waals surface area contributed by atoms with Crippen LogP contribution in [0.1, 0.15) is 40.5 Å². The SMILES string of the molecule is CC1(CN=C(N)C(C)(C)C)CCCO1. The Kier molecular flexibility index (Phi) is 3.20. The van der Waals surface area contributed by atoms with Crippen molar-refractivity contribution in [3.63, 3.8) is 0 Å². The van der Waals surface area contributed by atoms with Crippen LogP contribution < -0.4 is 5.73 Å². The lowest BCUT2D eigenvalue weighted by Gasteiger charge is -2.23. The van der Waals surface area contributed by atoms with Crippen LogP contribution in [0.3, 0.4) is 0 Å². The van der Waals surface area contributed by atoms with Crippen LogP contribution in [0.5, 0.6) is 0 Å². The quantitative estimate of drug-likeness (QED) is 0.544. The van der Waals surface area contributed by atoms with Crippen molar-refractivity contribution in [2.24, 2.45) is 16.1 Å². The third kappa shape index (κ3) is 2.98. The van der Waals surface area contributed by atoms with Crippen LogP contribution in [-0.4, -0.2) is 24.6 Å². The van der Waals surface area contributed by atoms with Crippen LogP contribution in [-0.2, 0) is 4.74 Å². The van der Waals surface area contributed by atoms with Gasteiger partial charge in [-0.25, -0.2) is 0 Å². The van der Waals surface area contributed by atoms with Gasteiger partial charge in [-0.1, -0.05) is 20.8 Å². The molecule has 0 aliphatic carbocycles. The van der Waals surface area contributed by atoms with Gasteiger partial charge in [0.2, 0.25) is 0 Å². The van der Waals surface area contributed by atoms with E-state index in [1.807, 2.05) is 0 Å². The molecule has 0 aromatic rings. The summed E-state index contributed by atoms with van der Waals surface area (Å²) in [5, 5.41) is 0. The average molecular weight is 198 g/mol. The lowest BCUT2D eigenvalue weighted by atomic mass is 9.95. The van der Waals surface area contributed by atoms with E-state index in [1.165, 1.54) is 0 Å². The van der Waals surface area contributed by atoms with Gasteiger partial charge < -0.3 is 10.5 Å². The van der Waals surface area contributed by atoms with Gasteiger partial charge in [0.05, 0.1) is 18.0 Å². The van der Waals surface area contributed by atoms with Crippen LogP contribution in [0, 0.1) is 5.41 Å². The lowest BCUT2D eigenvalue weighted by molar-refractivity contribution is 0.0283. The summed E-state index contributed by atoms with van der Waals surface area (Å²) < 4.78 is 5.64. The molecule has 1 aliphatic heterocycles. The molecule has 1 aliphatic rings. The van der Waals surface area contributed by atoms with E-state index in [4.69, 9.17) is 10.5 Å². The zero-order valence-corrected chi connectivity index (χ0v) is 9.76. The Labute approximate surface area is 86.7 Å². The molecule has 1 atom stereocenters. The van der Waals surface area contributed by atoms with Crippen LogP contribution in [0.25, 0.3) is 0 Å². The average Bonchev–Trinajstić information content (AvgIpc) is 2.47. The normalized spacial score (nSPS) is 29.6. The summed E-state index contributed by atoms with van der Waals surface area (Å²) >= 11 is 0. The predicted octanol–water partition coefficient (Wildman–Crippen LogP) is 1.96. The molecule has 0 bridgehead atoms. The zero-order chi connectivity index (χ0) is 10.8. The van der Waals surface area contributed by atoms with E-state index in [2.05, 4.69) is 32.7 Å². The van der Waals surface area contributed by atoms with Crippen LogP contribution in [0.15, 0.2) is 4.99 Å². The smallest absolute Gasteiger partial charge is 0.0992 e. The maximum Gasteiger partial charge on any atom is 0.0992 e. The predicted molar refractivity (Wildman–Crippen MR) is 59.5 cm³/mol. The number of ether oxygens (including phenoxy) is 1. The molecule has 82 valence electrons. The van der Waals surface area contributed by atoms with E-state index < -0.39 is 0 Å². The van der Waals surface area contributed by atoms with Crippen molar-refractivity contribution in [2.45, 2.75) is 46.1 Å². The summed E-state index contributed by atoms with van der Waals surface area (Å²) in [6, 6.07) is 0. The first-order valence-corrected chi connectivity index (χ1v) is 5.28. The van der Waals surface area contributed by atoms with Crippen molar-refractivity contribution in [1.82, 2.24) is 0 Å². The molecule has 1 fully saturated rings. The van der Waals surface area contributed by atoms with E-state index in [0.29, 0.717) is 12.4 Å². The number of nitrogens with zero attached hydrogens (tertiary/aromatic N) is 1. The molecule has 2 N–H and O–H groups in total. The third-order valence-corrected chi connectivity index (χ3v) is 2.65. The molecule has 1 rings (SSSR count). The van der Waals surface area contributed by atoms with Gasteiger partial charge in [0, 0.05) is 12.0 Å². The largest absolute Gasteiger partial charge is 0.387 e. The second-order valence-corrected chi connectivity index (χ2v) is 5.35. The molecule has 1 heterocycles. The highest BCUT2D eigenvalue weighted by Gasteiger charge is 2.29. The molecular formula is C11H22N2O. The highest BCUT2D eigenvalue weighted by Crippen LogP contribution is 2.25. The first-order chi connectivity index (χ1) is 6.33. The molecular weight excluding hydrogens is 176 g/mol. The molecule has 1 unspecified atom stereocenters. The molecule has 14 heavy (non-hydrogen) atoms. The molecule has 0 saturated carbocycles. The third-order valence-electron chi connectivity index (χ3n) is 2.65. The summed E-state index contributed by atoms with van der Waals surface area (Å²) in [6.07, 6.45) is 2.23. The van der Waals surface area contributed by atoms with Crippen molar-refractivity contribution < 1.29 is 4.74 Å². The fraction of sp³-hybridized carbons (Fsp3) is 0.909. The van der Waals surface area contributed by atoms with Gasteiger partial charge in [-0.3, -0.25) is 4.99 Å². The minimum absolute atomic E-state index is 0.0328. The first-order valence-electron chi connectivity index (χ1n) is 5.28. The van der Waals surface area contributed by atoms with Gasteiger partial charge in [0.25, 0.3) is 0 Å². The second kappa shape index (κ2) is 3.89. The Balaban J connectivity index is 2.53. The van der Waals surface area contributed by atoms with Crippen LogP contribution >= 0.6 is 0 Å². The van der Waals surface area contributed by atoms with Crippen LogP contribution in [0.2, 0.25) is 0 Å². The number of aliphatic imine (C=N–C) groups is 1. The molecule has 3 nitrogen and oxygen atoms in total. The second-order valence-electron chi connectivity index (χ2n) is 5.35. The fourth-order valence-electron chi connectivity index (χ4n) is 1.45. The standard InChI is InChI=1S/C11H22N2O/c1-10(2,3)9(12)13-8-11(4)6-5-7-14-11/h5-8H2,1-4H3,(H2,12,13). The van der Waals surface area contributed by atoms with Crippen LogP contribution in [0.4, 0.5) is 0 Å². The summed E-state index contributed by atoms with van der Waals surface area (Å²) in [7, 11) is 0. The van der Waals surface area contributed by atoms with Gasteiger partial charge >= 0.3 is 0 Å². The summed E-state index contributed by atoms with van der Waals surface area (Å²) in [5.74, 6) is 0.717. The number of rotatable bonds is 2. The molecule has 3 heteroatoms. The monoisotopic (exact) mass is 198 g/mol. The van der Waals surface area contributed by atoms with Gasteiger partial charge in [0.1, 0.15) is 0 Å². The maximum absolute atomic E-state index is 5.88. The number of amidine groups is 1. The molecule has 0 radical (unpaired) electrons. The van der Waals surface area contributed by atoms with E-state index >= 15 is 0 Å². The van der Waals surface area contributed by atoms with Crippen molar-refractivity contribution >= 4 is 5.84 Å². The number of hydrogen-bond donors (Lipinski definition) is 1. The van der Waals surface area contributed by atoms with E-state index in [0.717, 1.165) is 19.4 Å². The summed E-state index contributed by atoms with van der Waals surface area (Å²) in [5.41, 5.74) is 5.78. The van der Waals surface area contributed by atoms with Crippen molar-refractivity contribution in [3.05, 3.63) is 0 Å². The number of nitrogens with two attached hydrogens (primary N) is 1. The van der Waals surface area contributed by atoms with Gasteiger partial charge in [-0.05, 0) is 19.8 Å². The Morgan fingerprint density at radius 3 is 2.57 bits per heavy atom. The Morgan fingerprint density at radius 1 is 1.50 bits per heavy atom. The lowest BCUT2D eigenvalue weighted by Crippen LogP contribution is -2.33. The van der Waals surface area contributed by atoms with Gasteiger partial charge in [-0.15, -0.1) is 0 Å². The van der Waals surface area contributed by atoms with E-state index in [-0.39, 0.29) is 11.0 Å². The first kappa shape index (κ1) is 11.5. The minimum atomic E-state index is -0.0735. The van der Waals surface area contributed by atoms with Crippen molar-refractivity contribution in [1.29, 1.82) is 0 Å². The van der Waals surface area contributed by atoms with Crippen molar-refractivity contribution in [3.8, 4) is 0 Å². The summed E-state index contributed by atoms with van der Waals surface area (Å²) in [6.45, 7) is 9.88. The Morgan fingerprint density at radius 2 is 2.14 bits per heavy atom. The molecule has 0 aromatic heterocycles. The maximum atomic E-state index is 5.88. The molecule has 0 aromatic carbocycles.